The van der Waals surface area contributed by atoms with Crippen molar-refractivity contribution in [3.63, 3.8) is 0 Å². The lowest BCUT2D eigenvalue weighted by atomic mass is 9.99. The smallest absolute Gasteiger partial charge is 0.233 e. The van der Waals surface area contributed by atoms with Crippen LogP contribution in [0.25, 0.3) is 0 Å². The number of rotatable bonds is 9. The third-order valence-corrected chi connectivity index (χ3v) is 5.36. The van der Waals surface area contributed by atoms with Crippen LogP contribution < -0.4 is 18.9 Å². The zero-order valence-electron chi connectivity index (χ0n) is 18.7. The van der Waals surface area contributed by atoms with Crippen LogP contribution in [-0.2, 0) is 4.74 Å². The van der Waals surface area contributed by atoms with Gasteiger partial charge in [0, 0.05) is 11.1 Å². The quantitative estimate of drug-likeness (QED) is 0.283. The summed E-state index contributed by atoms with van der Waals surface area (Å²) < 4.78 is 26.6. The molecule has 0 aliphatic carbocycles. The van der Waals surface area contributed by atoms with Gasteiger partial charge in [0.15, 0.2) is 11.5 Å². The van der Waals surface area contributed by atoms with Gasteiger partial charge in [0.1, 0.15) is 30.2 Å². The standard InChI is InChI=1S/C23H26O11/c1-30-13-6-4-11(5-7-13)17(25)18(26)12-8-14(31-2)22(32-3)15(9-12)33-23-21(29)20(28)19(27)16(10-24)34-23/h4-9,16,19-21,23-24,27-29H,10H2,1-3H3/t16-,19-,20+,21-,23-/m1/s1. The molecule has 2 aromatic rings. The summed E-state index contributed by atoms with van der Waals surface area (Å²) >= 11 is 0. The molecule has 1 fully saturated rings. The van der Waals surface area contributed by atoms with E-state index in [1.54, 1.807) is 12.1 Å². The van der Waals surface area contributed by atoms with Crippen LogP contribution in [0, 0.1) is 0 Å². The van der Waals surface area contributed by atoms with Crippen LogP contribution in [0.5, 0.6) is 23.0 Å². The minimum Gasteiger partial charge on any atom is -0.497 e. The summed E-state index contributed by atoms with van der Waals surface area (Å²) in [5.41, 5.74) is 0.0371. The van der Waals surface area contributed by atoms with E-state index in [4.69, 9.17) is 23.7 Å². The minimum absolute atomic E-state index is 0.0212. The Morgan fingerprint density at radius 1 is 0.824 bits per heavy atom. The van der Waals surface area contributed by atoms with Gasteiger partial charge in [-0.1, -0.05) is 0 Å². The molecule has 0 spiro atoms. The van der Waals surface area contributed by atoms with Gasteiger partial charge in [0.2, 0.25) is 23.6 Å². The van der Waals surface area contributed by atoms with Gasteiger partial charge in [0.05, 0.1) is 27.9 Å². The maximum Gasteiger partial charge on any atom is 0.233 e. The molecule has 0 unspecified atom stereocenters. The highest BCUT2D eigenvalue weighted by atomic mass is 16.7. The number of ketones is 2. The molecule has 1 heterocycles. The van der Waals surface area contributed by atoms with Crippen LogP contribution in [0.1, 0.15) is 20.7 Å². The maximum atomic E-state index is 13.0. The van der Waals surface area contributed by atoms with Gasteiger partial charge in [-0.25, -0.2) is 0 Å². The van der Waals surface area contributed by atoms with E-state index in [2.05, 4.69) is 0 Å². The first-order valence-corrected chi connectivity index (χ1v) is 10.2. The van der Waals surface area contributed by atoms with Crippen LogP contribution in [0.2, 0.25) is 0 Å². The average Bonchev–Trinajstić information content (AvgIpc) is 2.87. The summed E-state index contributed by atoms with van der Waals surface area (Å²) in [6.07, 6.45) is -7.71. The van der Waals surface area contributed by atoms with E-state index in [0.29, 0.717) is 5.75 Å². The van der Waals surface area contributed by atoms with Crippen LogP contribution in [-0.4, -0.2) is 90.6 Å². The molecule has 11 heteroatoms. The Kier molecular flexibility index (Phi) is 8.07. The minimum atomic E-state index is -1.70. The summed E-state index contributed by atoms with van der Waals surface area (Å²) in [7, 11) is 4.10. The van der Waals surface area contributed by atoms with Crippen molar-refractivity contribution < 1.29 is 53.7 Å². The monoisotopic (exact) mass is 478 g/mol. The van der Waals surface area contributed by atoms with Gasteiger partial charge in [-0.2, -0.15) is 0 Å². The zero-order chi connectivity index (χ0) is 25.0. The lowest BCUT2D eigenvalue weighted by molar-refractivity contribution is -0.277. The van der Waals surface area contributed by atoms with Crippen molar-refractivity contribution >= 4 is 11.6 Å². The number of ether oxygens (including phenoxy) is 5. The molecule has 3 rings (SSSR count). The number of carbonyl (C=O) groups excluding carboxylic acids is 2. The Labute approximate surface area is 195 Å². The highest BCUT2D eigenvalue weighted by molar-refractivity contribution is 6.49. The molecule has 0 radical (unpaired) electrons. The lowest BCUT2D eigenvalue weighted by Crippen LogP contribution is -2.60. The van der Waals surface area contributed by atoms with Gasteiger partial charge in [-0.05, 0) is 36.4 Å². The lowest BCUT2D eigenvalue weighted by Gasteiger charge is -2.39. The Hall–Kier alpha value is -3.22. The number of aliphatic hydroxyl groups excluding tert-OH is 4. The molecule has 34 heavy (non-hydrogen) atoms. The van der Waals surface area contributed by atoms with E-state index in [1.807, 2.05) is 0 Å². The molecule has 0 bridgehead atoms. The Morgan fingerprint density at radius 3 is 2.00 bits per heavy atom. The topological polar surface area (TPSA) is 161 Å². The van der Waals surface area contributed by atoms with Crippen molar-refractivity contribution in [2.75, 3.05) is 27.9 Å². The van der Waals surface area contributed by atoms with E-state index >= 15 is 0 Å². The molecule has 2 aromatic carbocycles. The van der Waals surface area contributed by atoms with Gasteiger partial charge in [0.25, 0.3) is 0 Å². The van der Waals surface area contributed by atoms with Gasteiger partial charge in [-0.3, -0.25) is 9.59 Å². The Bertz CT molecular complexity index is 1020. The van der Waals surface area contributed by atoms with Crippen molar-refractivity contribution in [1.82, 2.24) is 0 Å². The second kappa shape index (κ2) is 10.8. The van der Waals surface area contributed by atoms with Crippen LogP contribution >= 0.6 is 0 Å². The highest BCUT2D eigenvalue weighted by Crippen LogP contribution is 2.40. The summed E-state index contributed by atoms with van der Waals surface area (Å²) in [6.45, 7) is -0.653. The normalized spacial score (nSPS) is 24.3. The molecule has 1 saturated heterocycles. The Balaban J connectivity index is 1.95. The molecule has 5 atom stereocenters. The van der Waals surface area contributed by atoms with Crippen molar-refractivity contribution in [3.8, 4) is 23.0 Å². The van der Waals surface area contributed by atoms with Crippen molar-refractivity contribution in [2.24, 2.45) is 0 Å². The zero-order valence-corrected chi connectivity index (χ0v) is 18.7. The fourth-order valence-corrected chi connectivity index (χ4v) is 3.44. The number of hydrogen-bond acceptors (Lipinski definition) is 11. The number of methoxy groups -OCH3 is 3. The predicted octanol–water partition coefficient (Wildman–Crippen LogP) is -0.0433. The van der Waals surface area contributed by atoms with Crippen LogP contribution in [0.15, 0.2) is 36.4 Å². The molecule has 1 aliphatic rings. The van der Waals surface area contributed by atoms with E-state index in [-0.39, 0.29) is 28.4 Å². The average molecular weight is 478 g/mol. The summed E-state index contributed by atoms with van der Waals surface area (Å²) in [5, 5.41) is 39.6. The maximum absolute atomic E-state index is 13.0. The van der Waals surface area contributed by atoms with Gasteiger partial charge >= 0.3 is 0 Å². The molecule has 4 N–H and O–H groups in total. The molecule has 0 aromatic heterocycles. The molecule has 0 saturated carbocycles. The van der Waals surface area contributed by atoms with E-state index in [1.165, 1.54) is 45.6 Å². The van der Waals surface area contributed by atoms with E-state index in [9.17, 15) is 30.0 Å². The molecule has 0 amide bonds. The largest absolute Gasteiger partial charge is 0.497 e. The molecular formula is C23H26O11. The SMILES string of the molecule is COc1ccc(C(=O)C(=O)c2cc(OC)c(OC)c(O[C@@H]3O[C@H](CO)[C@@H](O)[C@H](O)[C@H]3O)c2)cc1. The van der Waals surface area contributed by atoms with Crippen molar-refractivity contribution in [2.45, 2.75) is 30.7 Å². The first kappa shape index (κ1) is 25.4. The second-order valence-electron chi connectivity index (χ2n) is 7.41. The first-order chi connectivity index (χ1) is 16.2. The third-order valence-electron chi connectivity index (χ3n) is 5.36. The van der Waals surface area contributed by atoms with Gasteiger partial charge < -0.3 is 44.1 Å². The molecule has 184 valence electrons. The van der Waals surface area contributed by atoms with Crippen molar-refractivity contribution in [3.05, 3.63) is 47.5 Å². The Morgan fingerprint density at radius 2 is 1.44 bits per heavy atom. The molecular weight excluding hydrogens is 452 g/mol. The fraction of sp³-hybridized carbons (Fsp3) is 0.391. The second-order valence-corrected chi connectivity index (χ2v) is 7.41. The number of aliphatic hydroxyl groups is 4. The third kappa shape index (κ3) is 4.98. The summed E-state index contributed by atoms with van der Waals surface area (Å²) in [5.74, 6) is -1.22. The molecule has 11 nitrogen and oxygen atoms in total. The fourth-order valence-electron chi connectivity index (χ4n) is 3.44. The number of hydrogen-bond donors (Lipinski definition) is 4. The van der Waals surface area contributed by atoms with E-state index in [0.717, 1.165) is 0 Å². The number of Topliss-reactive ketones (excluding diaryl/α,β-unsaturated/α-hetero) is 2. The number of benzene rings is 2. The predicted molar refractivity (Wildman–Crippen MR) is 116 cm³/mol. The number of carbonyl (C=O) groups is 2. The van der Waals surface area contributed by atoms with Crippen molar-refractivity contribution in [1.29, 1.82) is 0 Å². The molecule has 1 aliphatic heterocycles. The highest BCUT2D eigenvalue weighted by Gasteiger charge is 2.45. The summed E-state index contributed by atoms with van der Waals surface area (Å²) in [4.78, 5) is 25.7. The first-order valence-electron chi connectivity index (χ1n) is 10.2. The van der Waals surface area contributed by atoms with Crippen LogP contribution in [0.4, 0.5) is 0 Å². The van der Waals surface area contributed by atoms with Crippen LogP contribution in [0.3, 0.4) is 0 Å². The van der Waals surface area contributed by atoms with Gasteiger partial charge in [-0.15, -0.1) is 0 Å². The summed E-state index contributed by atoms with van der Waals surface area (Å²) in [6, 6.07) is 8.48. The van der Waals surface area contributed by atoms with E-state index < -0.39 is 48.9 Å².